The van der Waals surface area contributed by atoms with Crippen LogP contribution in [0.25, 0.3) is 0 Å². The van der Waals surface area contributed by atoms with Gasteiger partial charge in [0.25, 0.3) is 5.91 Å². The largest absolute Gasteiger partial charge is 0.378 e. The third-order valence-corrected chi connectivity index (χ3v) is 4.12. The Morgan fingerprint density at radius 2 is 1.88 bits per heavy atom. The average molecular weight is 355 g/mol. The molecule has 8 heteroatoms. The fourth-order valence-corrected chi connectivity index (χ4v) is 2.70. The molecule has 2 heterocycles. The van der Waals surface area contributed by atoms with Gasteiger partial charge in [-0.1, -0.05) is 18.2 Å². The monoisotopic (exact) mass is 355 g/mol. The average Bonchev–Trinajstić information content (AvgIpc) is 2.72. The number of benzene rings is 1. The number of carbonyl (C=O) groups excluding carboxylic acids is 2. The Hall–Kier alpha value is -2.97. The lowest BCUT2D eigenvalue weighted by Gasteiger charge is -2.33. The highest BCUT2D eigenvalue weighted by molar-refractivity contribution is 5.93. The van der Waals surface area contributed by atoms with Crippen LogP contribution in [0, 0.1) is 0 Å². The van der Waals surface area contributed by atoms with Crippen molar-refractivity contribution in [2.45, 2.75) is 6.54 Å². The highest BCUT2D eigenvalue weighted by Gasteiger charge is 2.24. The summed E-state index contributed by atoms with van der Waals surface area (Å²) >= 11 is 0. The number of nitrogen functional groups attached to an aromatic ring is 1. The molecule has 1 fully saturated rings. The number of hydrogen-bond donors (Lipinski definition) is 2. The molecule has 0 spiro atoms. The number of nitrogens with two attached hydrogens (primary N) is 1. The normalized spacial score (nSPS) is 14.0. The molecule has 1 aliphatic heterocycles. The molecule has 0 saturated carbocycles. The summed E-state index contributed by atoms with van der Waals surface area (Å²) in [5.74, 6) is 4.72. The van der Waals surface area contributed by atoms with E-state index >= 15 is 0 Å². The van der Waals surface area contributed by atoms with E-state index in [1.54, 1.807) is 21.9 Å². The maximum absolute atomic E-state index is 13.0. The predicted molar refractivity (Wildman–Crippen MR) is 96.3 cm³/mol. The Kier molecular flexibility index (Phi) is 5.77. The van der Waals surface area contributed by atoms with Crippen molar-refractivity contribution in [3.8, 4) is 0 Å². The molecular formula is C18H21N5O3. The van der Waals surface area contributed by atoms with E-state index in [0.717, 1.165) is 5.69 Å². The van der Waals surface area contributed by atoms with Crippen LogP contribution in [0.4, 0.5) is 10.5 Å². The Bertz CT molecular complexity index is 745. The van der Waals surface area contributed by atoms with E-state index in [-0.39, 0.29) is 6.03 Å². The first-order valence-electron chi connectivity index (χ1n) is 8.34. The van der Waals surface area contributed by atoms with Gasteiger partial charge in [0.05, 0.1) is 31.0 Å². The Labute approximate surface area is 151 Å². The van der Waals surface area contributed by atoms with Gasteiger partial charge in [0.2, 0.25) is 0 Å². The third kappa shape index (κ3) is 4.16. The van der Waals surface area contributed by atoms with Gasteiger partial charge in [0.15, 0.2) is 0 Å². The molecule has 0 bridgehead atoms. The van der Waals surface area contributed by atoms with Gasteiger partial charge >= 0.3 is 6.03 Å². The summed E-state index contributed by atoms with van der Waals surface area (Å²) < 4.78 is 5.33. The number of morpholine rings is 1. The Balaban J connectivity index is 1.81. The minimum Gasteiger partial charge on any atom is -0.378 e. The summed E-state index contributed by atoms with van der Waals surface area (Å²) in [6.45, 7) is 2.49. The van der Waals surface area contributed by atoms with Crippen LogP contribution in [0.1, 0.15) is 16.1 Å². The lowest BCUT2D eigenvalue weighted by molar-refractivity contribution is 0.0548. The van der Waals surface area contributed by atoms with E-state index < -0.39 is 5.91 Å². The van der Waals surface area contributed by atoms with Gasteiger partial charge in [-0.25, -0.2) is 10.6 Å². The molecule has 1 aliphatic rings. The molecule has 136 valence electrons. The molecule has 3 N–H and O–H groups in total. The highest BCUT2D eigenvalue weighted by atomic mass is 16.5. The zero-order chi connectivity index (χ0) is 18.4. The van der Waals surface area contributed by atoms with Gasteiger partial charge in [-0.2, -0.15) is 0 Å². The lowest BCUT2D eigenvalue weighted by atomic mass is 10.2. The molecule has 3 rings (SSSR count). The first-order chi connectivity index (χ1) is 12.7. The predicted octanol–water partition coefficient (Wildman–Crippen LogP) is 1.14. The number of para-hydroxylation sites is 1. The van der Waals surface area contributed by atoms with E-state index in [1.165, 1.54) is 6.20 Å². The number of pyridine rings is 1. The smallest absolute Gasteiger partial charge is 0.325 e. The number of nitrogens with zero attached hydrogens (tertiary/aromatic N) is 3. The lowest BCUT2D eigenvalue weighted by Crippen LogP contribution is -2.48. The molecule has 0 atom stereocenters. The standard InChI is InChI=1S/C18H21N5O3/c19-21-17(24)14-6-7-15(20-12-14)13-23(16-4-2-1-3-5-16)18(25)22-8-10-26-11-9-22/h1-7,12H,8-11,13,19H2,(H,21,24). The van der Waals surface area contributed by atoms with Crippen LogP contribution in [0.3, 0.4) is 0 Å². The number of anilines is 1. The van der Waals surface area contributed by atoms with Crippen LogP contribution in [-0.2, 0) is 11.3 Å². The number of amides is 3. The number of ether oxygens (including phenoxy) is 1. The molecular weight excluding hydrogens is 334 g/mol. The zero-order valence-electron chi connectivity index (χ0n) is 14.3. The van der Waals surface area contributed by atoms with Crippen LogP contribution in [0.2, 0.25) is 0 Å². The summed E-state index contributed by atoms with van der Waals surface area (Å²) in [4.78, 5) is 32.3. The van der Waals surface area contributed by atoms with Crippen molar-refractivity contribution >= 4 is 17.6 Å². The minimum absolute atomic E-state index is 0.0925. The van der Waals surface area contributed by atoms with E-state index in [2.05, 4.69) is 10.4 Å². The molecule has 1 saturated heterocycles. The van der Waals surface area contributed by atoms with Gasteiger partial charge in [-0.3, -0.25) is 20.1 Å². The van der Waals surface area contributed by atoms with Crippen LogP contribution < -0.4 is 16.2 Å². The molecule has 3 amide bonds. The van der Waals surface area contributed by atoms with Crippen molar-refractivity contribution in [2.24, 2.45) is 5.84 Å². The molecule has 0 aliphatic carbocycles. The van der Waals surface area contributed by atoms with E-state index in [9.17, 15) is 9.59 Å². The molecule has 2 aromatic rings. The van der Waals surface area contributed by atoms with Gasteiger partial charge < -0.3 is 9.64 Å². The zero-order valence-corrected chi connectivity index (χ0v) is 14.3. The topological polar surface area (TPSA) is 101 Å². The second-order valence-electron chi connectivity index (χ2n) is 5.82. The first-order valence-corrected chi connectivity index (χ1v) is 8.34. The van der Waals surface area contributed by atoms with Crippen molar-refractivity contribution in [2.75, 3.05) is 31.2 Å². The summed E-state index contributed by atoms with van der Waals surface area (Å²) in [6, 6.07) is 12.7. The number of hydrogen-bond acceptors (Lipinski definition) is 5. The minimum atomic E-state index is -0.409. The summed E-state index contributed by atoms with van der Waals surface area (Å²) in [5.41, 5.74) is 3.89. The fraction of sp³-hybridized carbons (Fsp3) is 0.278. The quantitative estimate of drug-likeness (QED) is 0.487. The van der Waals surface area contributed by atoms with Crippen molar-refractivity contribution < 1.29 is 14.3 Å². The molecule has 1 aromatic carbocycles. The molecule has 0 unspecified atom stereocenters. The first kappa shape index (κ1) is 17.8. The van der Waals surface area contributed by atoms with Gasteiger partial charge in [0, 0.05) is 25.0 Å². The number of rotatable bonds is 4. The van der Waals surface area contributed by atoms with E-state index in [1.807, 2.05) is 30.3 Å². The number of carbonyl (C=O) groups is 2. The molecule has 1 aromatic heterocycles. The van der Waals surface area contributed by atoms with E-state index in [0.29, 0.717) is 44.1 Å². The van der Waals surface area contributed by atoms with Crippen molar-refractivity contribution in [3.63, 3.8) is 0 Å². The Morgan fingerprint density at radius 1 is 1.15 bits per heavy atom. The molecule has 26 heavy (non-hydrogen) atoms. The maximum Gasteiger partial charge on any atom is 0.325 e. The van der Waals surface area contributed by atoms with Crippen LogP contribution in [0.15, 0.2) is 48.7 Å². The number of hydrazine groups is 1. The Morgan fingerprint density at radius 3 is 2.50 bits per heavy atom. The van der Waals surface area contributed by atoms with Gasteiger partial charge in [-0.15, -0.1) is 0 Å². The maximum atomic E-state index is 13.0. The van der Waals surface area contributed by atoms with Crippen LogP contribution in [0.5, 0.6) is 0 Å². The van der Waals surface area contributed by atoms with Gasteiger partial charge in [0.1, 0.15) is 0 Å². The van der Waals surface area contributed by atoms with Crippen molar-refractivity contribution in [1.29, 1.82) is 0 Å². The highest BCUT2D eigenvalue weighted by Crippen LogP contribution is 2.19. The second kappa shape index (κ2) is 8.41. The third-order valence-electron chi connectivity index (χ3n) is 4.12. The number of nitrogens with one attached hydrogen (secondary N) is 1. The summed E-state index contributed by atoms with van der Waals surface area (Å²) in [5, 5.41) is 0. The van der Waals surface area contributed by atoms with E-state index in [4.69, 9.17) is 10.6 Å². The number of urea groups is 1. The van der Waals surface area contributed by atoms with Crippen molar-refractivity contribution in [1.82, 2.24) is 15.3 Å². The SMILES string of the molecule is NNC(=O)c1ccc(CN(C(=O)N2CCOCC2)c2ccccc2)nc1. The van der Waals surface area contributed by atoms with Crippen LogP contribution in [-0.4, -0.2) is 48.1 Å². The molecule has 0 radical (unpaired) electrons. The van der Waals surface area contributed by atoms with Crippen molar-refractivity contribution in [3.05, 3.63) is 59.9 Å². The van der Waals surface area contributed by atoms with Crippen LogP contribution >= 0.6 is 0 Å². The number of aromatic nitrogens is 1. The fourth-order valence-electron chi connectivity index (χ4n) is 2.70. The summed E-state index contributed by atoms with van der Waals surface area (Å²) in [6.07, 6.45) is 1.44. The van der Waals surface area contributed by atoms with Gasteiger partial charge in [-0.05, 0) is 24.3 Å². The second-order valence-corrected chi connectivity index (χ2v) is 5.82. The summed E-state index contributed by atoms with van der Waals surface area (Å²) in [7, 11) is 0. The molecule has 8 nitrogen and oxygen atoms in total.